The summed E-state index contributed by atoms with van der Waals surface area (Å²) in [6.07, 6.45) is 2.43. The molecule has 0 aliphatic carbocycles. The van der Waals surface area contributed by atoms with Crippen LogP contribution in [0.1, 0.15) is 24.7 Å². The van der Waals surface area contributed by atoms with Gasteiger partial charge >= 0.3 is 5.97 Å². The highest BCUT2D eigenvalue weighted by Gasteiger charge is 2.27. The van der Waals surface area contributed by atoms with Crippen LogP contribution in [0.3, 0.4) is 0 Å². The molecule has 0 amide bonds. The van der Waals surface area contributed by atoms with Crippen molar-refractivity contribution in [2.75, 3.05) is 19.6 Å². The highest BCUT2D eigenvalue weighted by atomic mass is 16.4. The minimum absolute atomic E-state index is 0.312. The van der Waals surface area contributed by atoms with E-state index >= 15 is 0 Å². The lowest BCUT2D eigenvalue weighted by molar-refractivity contribution is -0.143. The van der Waals surface area contributed by atoms with Gasteiger partial charge in [0, 0.05) is 13.1 Å². The number of β-amino-alcohol motifs (C(OH)–C–C–N with tert-alkyl or cyclic N) is 1. The maximum Gasteiger partial charge on any atom is 0.307 e. The van der Waals surface area contributed by atoms with Crippen LogP contribution in [0.5, 0.6) is 0 Å². The molecule has 0 aromatic carbocycles. The van der Waals surface area contributed by atoms with Crippen molar-refractivity contribution in [2.45, 2.75) is 18.9 Å². The van der Waals surface area contributed by atoms with Gasteiger partial charge in [0.05, 0.1) is 12.2 Å². The average Bonchev–Trinajstić information content (AvgIpc) is 2.82. The number of carboxylic acids is 1. The van der Waals surface area contributed by atoms with E-state index in [2.05, 4.69) is 0 Å². The molecule has 0 saturated carbocycles. The van der Waals surface area contributed by atoms with E-state index < -0.39 is 12.1 Å². The lowest BCUT2D eigenvalue weighted by Gasteiger charge is -2.31. The fourth-order valence-corrected chi connectivity index (χ4v) is 2.24. The van der Waals surface area contributed by atoms with Crippen LogP contribution in [-0.4, -0.2) is 40.7 Å². The number of aliphatic hydroxyl groups excluding tert-OH is 1. The summed E-state index contributed by atoms with van der Waals surface area (Å²) < 4.78 is 5.12. The molecule has 5 heteroatoms. The van der Waals surface area contributed by atoms with Crippen LogP contribution < -0.4 is 0 Å². The average molecular weight is 239 g/mol. The second-order valence-electron chi connectivity index (χ2n) is 4.47. The van der Waals surface area contributed by atoms with Crippen LogP contribution in [0.15, 0.2) is 22.8 Å². The fraction of sp³-hybridized carbons (Fsp3) is 0.583. The predicted octanol–water partition coefficient (Wildman–Crippen LogP) is 1.11. The van der Waals surface area contributed by atoms with Gasteiger partial charge in [0.15, 0.2) is 0 Å². The first kappa shape index (κ1) is 12.1. The van der Waals surface area contributed by atoms with Gasteiger partial charge in [-0.05, 0) is 31.5 Å². The third kappa shape index (κ3) is 3.08. The van der Waals surface area contributed by atoms with E-state index in [1.54, 1.807) is 12.1 Å². The lowest BCUT2D eigenvalue weighted by atomic mass is 9.98. The number of furan rings is 1. The van der Waals surface area contributed by atoms with E-state index in [1.807, 2.05) is 4.90 Å². The van der Waals surface area contributed by atoms with E-state index in [4.69, 9.17) is 9.52 Å². The van der Waals surface area contributed by atoms with Gasteiger partial charge in [-0.1, -0.05) is 0 Å². The van der Waals surface area contributed by atoms with E-state index in [0.29, 0.717) is 18.8 Å². The van der Waals surface area contributed by atoms with Crippen molar-refractivity contribution in [3.63, 3.8) is 0 Å². The van der Waals surface area contributed by atoms with Crippen LogP contribution in [0.25, 0.3) is 0 Å². The molecule has 0 spiro atoms. The van der Waals surface area contributed by atoms with E-state index in [0.717, 1.165) is 19.4 Å². The van der Waals surface area contributed by atoms with Crippen LogP contribution in [0, 0.1) is 5.92 Å². The van der Waals surface area contributed by atoms with Crippen molar-refractivity contribution in [3.8, 4) is 0 Å². The van der Waals surface area contributed by atoms with E-state index in [1.165, 1.54) is 6.26 Å². The highest BCUT2D eigenvalue weighted by Crippen LogP contribution is 2.20. The molecule has 1 fully saturated rings. The van der Waals surface area contributed by atoms with Crippen LogP contribution >= 0.6 is 0 Å². The number of aliphatic carboxylic acids is 1. The summed E-state index contributed by atoms with van der Waals surface area (Å²) in [5.41, 5.74) is 0. The Kier molecular flexibility index (Phi) is 3.81. The Bertz CT molecular complexity index is 363. The molecule has 2 unspecified atom stereocenters. The SMILES string of the molecule is O=C(O)C1CCCN(CC(O)c2ccco2)C1. The Labute approximate surface area is 99.6 Å². The monoisotopic (exact) mass is 239 g/mol. The first-order valence-electron chi connectivity index (χ1n) is 5.83. The zero-order chi connectivity index (χ0) is 12.3. The zero-order valence-corrected chi connectivity index (χ0v) is 9.58. The number of hydrogen-bond donors (Lipinski definition) is 2. The van der Waals surface area contributed by atoms with Gasteiger partial charge in [0.2, 0.25) is 0 Å². The molecule has 1 aliphatic rings. The van der Waals surface area contributed by atoms with Crippen LogP contribution in [0.2, 0.25) is 0 Å². The van der Waals surface area contributed by atoms with Crippen molar-refractivity contribution in [1.29, 1.82) is 0 Å². The summed E-state index contributed by atoms with van der Waals surface area (Å²) in [5, 5.41) is 18.9. The number of aliphatic hydroxyl groups is 1. The predicted molar refractivity (Wildman–Crippen MR) is 60.5 cm³/mol. The Morgan fingerprint density at radius 3 is 3.12 bits per heavy atom. The Hall–Kier alpha value is -1.33. The van der Waals surface area contributed by atoms with Crippen LogP contribution in [-0.2, 0) is 4.79 Å². The molecule has 94 valence electrons. The third-order valence-corrected chi connectivity index (χ3v) is 3.16. The fourth-order valence-electron chi connectivity index (χ4n) is 2.24. The van der Waals surface area contributed by atoms with Crippen molar-refractivity contribution >= 4 is 5.97 Å². The van der Waals surface area contributed by atoms with Crippen molar-refractivity contribution in [1.82, 2.24) is 4.90 Å². The Morgan fingerprint density at radius 1 is 1.65 bits per heavy atom. The number of likely N-dealkylation sites (tertiary alicyclic amines) is 1. The molecule has 0 radical (unpaired) electrons. The largest absolute Gasteiger partial charge is 0.481 e. The van der Waals surface area contributed by atoms with Crippen molar-refractivity contribution in [3.05, 3.63) is 24.2 Å². The molecular formula is C12H17NO4. The molecule has 1 aromatic heterocycles. The first-order valence-corrected chi connectivity index (χ1v) is 5.83. The van der Waals surface area contributed by atoms with Gasteiger partial charge in [0.25, 0.3) is 0 Å². The molecule has 2 N–H and O–H groups in total. The normalized spacial score (nSPS) is 23.5. The number of piperidine rings is 1. The summed E-state index contributed by atoms with van der Waals surface area (Å²) in [7, 11) is 0. The molecular weight excluding hydrogens is 222 g/mol. The summed E-state index contributed by atoms with van der Waals surface area (Å²) in [5.74, 6) is -0.530. The molecule has 5 nitrogen and oxygen atoms in total. The second kappa shape index (κ2) is 5.33. The first-order chi connectivity index (χ1) is 8.16. The van der Waals surface area contributed by atoms with Gasteiger partial charge in [-0.15, -0.1) is 0 Å². The topological polar surface area (TPSA) is 73.9 Å². The van der Waals surface area contributed by atoms with Gasteiger partial charge in [-0.2, -0.15) is 0 Å². The molecule has 1 saturated heterocycles. The van der Waals surface area contributed by atoms with Crippen LogP contribution in [0.4, 0.5) is 0 Å². The number of carboxylic acid groups (broad SMARTS) is 1. The summed E-state index contributed by atoms with van der Waals surface area (Å²) in [6, 6.07) is 3.46. The highest BCUT2D eigenvalue weighted by molar-refractivity contribution is 5.70. The smallest absolute Gasteiger partial charge is 0.307 e. The maximum absolute atomic E-state index is 10.9. The second-order valence-corrected chi connectivity index (χ2v) is 4.47. The summed E-state index contributed by atoms with van der Waals surface area (Å²) in [6.45, 7) is 1.77. The minimum atomic E-state index is -0.748. The summed E-state index contributed by atoms with van der Waals surface area (Å²) in [4.78, 5) is 12.9. The number of hydrogen-bond acceptors (Lipinski definition) is 4. The van der Waals surface area contributed by atoms with Gasteiger partial charge in [-0.25, -0.2) is 0 Å². The molecule has 2 rings (SSSR count). The van der Waals surface area contributed by atoms with E-state index in [9.17, 15) is 9.90 Å². The lowest BCUT2D eigenvalue weighted by Crippen LogP contribution is -2.40. The Morgan fingerprint density at radius 2 is 2.47 bits per heavy atom. The zero-order valence-electron chi connectivity index (χ0n) is 9.58. The third-order valence-electron chi connectivity index (χ3n) is 3.16. The number of rotatable bonds is 4. The van der Waals surface area contributed by atoms with Gasteiger partial charge < -0.3 is 14.6 Å². The van der Waals surface area contributed by atoms with Crippen molar-refractivity contribution < 1.29 is 19.4 Å². The standard InChI is InChI=1S/C12H17NO4/c14-10(11-4-2-6-17-11)8-13-5-1-3-9(7-13)12(15)16/h2,4,6,9-10,14H,1,3,5,7-8H2,(H,15,16). The number of nitrogens with zero attached hydrogens (tertiary/aromatic N) is 1. The van der Waals surface area contributed by atoms with Crippen molar-refractivity contribution in [2.24, 2.45) is 5.92 Å². The van der Waals surface area contributed by atoms with E-state index in [-0.39, 0.29) is 5.92 Å². The minimum Gasteiger partial charge on any atom is -0.481 e. The molecule has 1 aliphatic heterocycles. The maximum atomic E-state index is 10.9. The van der Waals surface area contributed by atoms with Gasteiger partial charge in [-0.3, -0.25) is 9.69 Å². The molecule has 0 bridgehead atoms. The molecule has 1 aromatic rings. The Balaban J connectivity index is 1.88. The number of carbonyl (C=O) groups is 1. The van der Waals surface area contributed by atoms with Gasteiger partial charge in [0.1, 0.15) is 11.9 Å². The molecule has 2 atom stereocenters. The molecule has 2 heterocycles. The summed E-state index contributed by atoms with van der Waals surface area (Å²) >= 11 is 0. The molecule has 17 heavy (non-hydrogen) atoms. The quantitative estimate of drug-likeness (QED) is 0.823.